The molecule has 1 aromatic heterocycles. The second kappa shape index (κ2) is 6.83. The molecule has 156 valence electrons. The van der Waals surface area contributed by atoms with Gasteiger partial charge in [-0.2, -0.15) is 0 Å². The number of hydrogen-bond acceptors (Lipinski definition) is 3. The fourth-order valence-electron chi connectivity index (χ4n) is 3.74. The van der Waals surface area contributed by atoms with Gasteiger partial charge in [0, 0.05) is 22.7 Å². The predicted molar refractivity (Wildman–Crippen MR) is 124 cm³/mol. The van der Waals surface area contributed by atoms with E-state index in [2.05, 4.69) is 31.8 Å². The van der Waals surface area contributed by atoms with Gasteiger partial charge in [-0.3, -0.25) is 4.79 Å². The van der Waals surface area contributed by atoms with Crippen molar-refractivity contribution in [3.8, 4) is 11.1 Å². The molecule has 0 unspecified atom stereocenters. The SMILES string of the molecule is CC(C)(C)c1ccc2c(=O)c(-c3cccc(B4OC(C)(C)C(C)(C)O4)c3)c[nH]c2c1. The molecule has 3 aromatic rings. The number of fused-ring (bicyclic) bond motifs is 1. The van der Waals surface area contributed by atoms with Gasteiger partial charge in [0.25, 0.3) is 0 Å². The fraction of sp³-hybridized carbons (Fsp3) is 0.400. The Morgan fingerprint density at radius 3 is 2.23 bits per heavy atom. The summed E-state index contributed by atoms with van der Waals surface area (Å²) in [5, 5.41) is 0.696. The van der Waals surface area contributed by atoms with Crippen molar-refractivity contribution in [2.45, 2.75) is 65.1 Å². The largest absolute Gasteiger partial charge is 0.494 e. The Balaban J connectivity index is 1.74. The number of nitrogens with one attached hydrogen (secondary N) is 1. The van der Waals surface area contributed by atoms with Crippen LogP contribution in [-0.2, 0) is 14.7 Å². The van der Waals surface area contributed by atoms with Crippen LogP contribution in [0.1, 0.15) is 54.0 Å². The van der Waals surface area contributed by atoms with E-state index in [1.54, 1.807) is 6.20 Å². The van der Waals surface area contributed by atoms with Crippen LogP contribution in [-0.4, -0.2) is 23.3 Å². The molecule has 0 amide bonds. The Morgan fingerprint density at radius 1 is 0.933 bits per heavy atom. The van der Waals surface area contributed by atoms with E-state index in [0.29, 0.717) is 10.9 Å². The van der Waals surface area contributed by atoms with E-state index in [-0.39, 0.29) is 10.8 Å². The van der Waals surface area contributed by atoms with Gasteiger partial charge in [0.1, 0.15) is 0 Å². The molecule has 1 N–H and O–H groups in total. The summed E-state index contributed by atoms with van der Waals surface area (Å²) in [5.74, 6) is 0. The Kier molecular flexibility index (Phi) is 4.75. The van der Waals surface area contributed by atoms with Crippen molar-refractivity contribution in [3.05, 3.63) is 64.4 Å². The van der Waals surface area contributed by atoms with E-state index in [4.69, 9.17) is 9.31 Å². The van der Waals surface area contributed by atoms with E-state index in [9.17, 15) is 4.79 Å². The highest BCUT2D eigenvalue weighted by Crippen LogP contribution is 2.36. The first kappa shape index (κ1) is 20.9. The third-order valence-electron chi connectivity index (χ3n) is 6.47. The molecule has 0 atom stereocenters. The molecule has 0 spiro atoms. The summed E-state index contributed by atoms with van der Waals surface area (Å²) in [6.07, 6.45) is 1.81. The molecular weight excluding hydrogens is 373 g/mol. The minimum Gasteiger partial charge on any atom is -0.399 e. The predicted octanol–water partition coefficient (Wildman–Crippen LogP) is 4.79. The van der Waals surface area contributed by atoms with Crippen LogP contribution in [0.5, 0.6) is 0 Å². The smallest absolute Gasteiger partial charge is 0.399 e. The number of aromatic amines is 1. The fourth-order valence-corrected chi connectivity index (χ4v) is 3.74. The average Bonchev–Trinajstić information content (AvgIpc) is 2.88. The van der Waals surface area contributed by atoms with Gasteiger partial charge in [-0.25, -0.2) is 0 Å². The molecule has 30 heavy (non-hydrogen) atoms. The highest BCUT2D eigenvalue weighted by Gasteiger charge is 2.51. The maximum absolute atomic E-state index is 13.2. The van der Waals surface area contributed by atoms with Crippen LogP contribution in [0.15, 0.2) is 53.5 Å². The van der Waals surface area contributed by atoms with Gasteiger partial charge in [-0.05, 0) is 61.8 Å². The summed E-state index contributed by atoms with van der Waals surface area (Å²) in [5.41, 5.74) is 3.71. The van der Waals surface area contributed by atoms with Crippen LogP contribution >= 0.6 is 0 Å². The summed E-state index contributed by atoms with van der Waals surface area (Å²) in [6.45, 7) is 14.7. The highest BCUT2D eigenvalue weighted by molar-refractivity contribution is 6.62. The van der Waals surface area contributed by atoms with E-state index in [0.717, 1.165) is 16.5 Å². The lowest BCUT2D eigenvalue weighted by molar-refractivity contribution is 0.00578. The van der Waals surface area contributed by atoms with Crippen LogP contribution in [0.3, 0.4) is 0 Å². The lowest BCUT2D eigenvalue weighted by Gasteiger charge is -2.32. The topological polar surface area (TPSA) is 51.3 Å². The van der Waals surface area contributed by atoms with Crippen molar-refractivity contribution in [3.63, 3.8) is 0 Å². The third kappa shape index (κ3) is 3.50. The monoisotopic (exact) mass is 403 g/mol. The second-order valence-electron chi connectivity index (χ2n) is 10.3. The summed E-state index contributed by atoms with van der Waals surface area (Å²) < 4.78 is 12.4. The average molecular weight is 403 g/mol. The Labute approximate surface area is 178 Å². The zero-order chi connectivity index (χ0) is 21.9. The molecule has 1 aliphatic heterocycles. The molecule has 1 saturated heterocycles. The maximum Gasteiger partial charge on any atom is 0.494 e. The molecule has 0 saturated carbocycles. The summed E-state index contributed by atoms with van der Waals surface area (Å²) in [4.78, 5) is 16.6. The molecule has 4 nitrogen and oxygen atoms in total. The second-order valence-corrected chi connectivity index (χ2v) is 10.3. The molecule has 0 bridgehead atoms. The zero-order valence-electron chi connectivity index (χ0n) is 18.9. The normalized spacial score (nSPS) is 18.2. The van der Waals surface area contributed by atoms with Crippen molar-refractivity contribution >= 4 is 23.5 Å². The van der Waals surface area contributed by atoms with Crippen LogP contribution < -0.4 is 10.9 Å². The molecule has 1 fully saturated rings. The maximum atomic E-state index is 13.2. The standard InChI is InChI=1S/C25H30BNO3/c1-23(2,3)17-11-12-19-21(14-17)27-15-20(22(19)28)16-9-8-10-18(13-16)26-29-24(4,5)25(6,7)30-26/h8-15H,1-7H3,(H,27,28). The van der Waals surface area contributed by atoms with Crippen molar-refractivity contribution in [2.24, 2.45) is 0 Å². The number of aromatic nitrogens is 1. The summed E-state index contributed by atoms with van der Waals surface area (Å²) in [7, 11) is -0.455. The van der Waals surface area contributed by atoms with Crippen LogP contribution in [0.2, 0.25) is 0 Å². The van der Waals surface area contributed by atoms with Gasteiger partial charge in [0.2, 0.25) is 0 Å². The lowest BCUT2D eigenvalue weighted by atomic mass is 9.78. The first-order chi connectivity index (χ1) is 13.9. The Morgan fingerprint density at radius 2 is 1.60 bits per heavy atom. The quantitative estimate of drug-likeness (QED) is 0.626. The Hall–Kier alpha value is -2.37. The van der Waals surface area contributed by atoms with Gasteiger partial charge in [-0.15, -0.1) is 0 Å². The van der Waals surface area contributed by atoms with E-state index < -0.39 is 18.3 Å². The molecular formula is C25H30BNO3. The molecule has 0 aliphatic carbocycles. The van der Waals surface area contributed by atoms with Gasteiger partial charge in [0.15, 0.2) is 5.43 Å². The molecule has 1 aliphatic rings. The van der Waals surface area contributed by atoms with Crippen molar-refractivity contribution in [2.75, 3.05) is 0 Å². The van der Waals surface area contributed by atoms with Gasteiger partial charge < -0.3 is 14.3 Å². The van der Waals surface area contributed by atoms with Crippen molar-refractivity contribution in [1.82, 2.24) is 4.98 Å². The Bertz CT molecular complexity index is 1150. The number of hydrogen-bond donors (Lipinski definition) is 1. The number of benzene rings is 2. The summed E-state index contributed by atoms with van der Waals surface area (Å²) in [6, 6.07) is 13.9. The van der Waals surface area contributed by atoms with Crippen molar-refractivity contribution < 1.29 is 9.31 Å². The number of pyridine rings is 1. The minimum absolute atomic E-state index is 0.0234. The van der Waals surface area contributed by atoms with Gasteiger partial charge >= 0.3 is 7.12 Å². The molecule has 0 radical (unpaired) electrons. The van der Waals surface area contributed by atoms with Gasteiger partial charge in [-0.1, -0.05) is 51.1 Å². The lowest BCUT2D eigenvalue weighted by Crippen LogP contribution is -2.41. The number of rotatable bonds is 2. The molecule has 2 heterocycles. The first-order valence-corrected chi connectivity index (χ1v) is 10.5. The summed E-state index contributed by atoms with van der Waals surface area (Å²) >= 11 is 0. The number of H-pyrrole nitrogens is 1. The van der Waals surface area contributed by atoms with Crippen LogP contribution in [0.4, 0.5) is 0 Å². The van der Waals surface area contributed by atoms with Gasteiger partial charge in [0.05, 0.1) is 11.2 Å². The molecule has 5 heteroatoms. The third-order valence-corrected chi connectivity index (χ3v) is 6.47. The first-order valence-electron chi connectivity index (χ1n) is 10.5. The van der Waals surface area contributed by atoms with Crippen LogP contribution in [0.25, 0.3) is 22.0 Å². The van der Waals surface area contributed by atoms with E-state index in [1.807, 2.05) is 64.1 Å². The highest BCUT2D eigenvalue weighted by atomic mass is 16.7. The van der Waals surface area contributed by atoms with E-state index >= 15 is 0 Å². The van der Waals surface area contributed by atoms with E-state index in [1.165, 1.54) is 5.56 Å². The molecule has 4 rings (SSSR count). The van der Waals surface area contributed by atoms with Crippen molar-refractivity contribution in [1.29, 1.82) is 0 Å². The minimum atomic E-state index is -0.455. The zero-order valence-corrected chi connectivity index (χ0v) is 18.9. The van der Waals surface area contributed by atoms with Crippen LogP contribution in [0, 0.1) is 0 Å². The molecule has 2 aromatic carbocycles.